The van der Waals surface area contributed by atoms with E-state index in [4.69, 9.17) is 11.6 Å². The second-order valence-electron chi connectivity index (χ2n) is 5.83. The molecule has 2 N–H and O–H groups in total. The zero-order valence-corrected chi connectivity index (χ0v) is 13.7. The normalized spacial score (nSPS) is 14.7. The molecule has 1 aromatic carbocycles. The summed E-state index contributed by atoms with van der Waals surface area (Å²) in [6.45, 7) is 1.98. The Kier molecular flexibility index (Phi) is 4.76. The highest BCUT2D eigenvalue weighted by Crippen LogP contribution is 2.23. The van der Waals surface area contributed by atoms with Crippen LogP contribution in [-0.4, -0.2) is 21.9 Å². The summed E-state index contributed by atoms with van der Waals surface area (Å²) in [6, 6.07) is 5.88. The van der Waals surface area contributed by atoms with Crippen molar-refractivity contribution in [1.82, 2.24) is 15.3 Å². The van der Waals surface area contributed by atoms with Gasteiger partial charge in [0.05, 0.1) is 12.4 Å². The number of nitrogens with zero attached hydrogens (tertiary/aromatic N) is 2. The SMILES string of the molecule is Cc1ccc(Cl)cc1Nc1cnc(C(=O)NC2CCCC2)cn1. The molecule has 6 heteroatoms. The first-order valence-electron chi connectivity index (χ1n) is 7.78. The fourth-order valence-corrected chi connectivity index (χ4v) is 2.88. The maximum Gasteiger partial charge on any atom is 0.271 e. The van der Waals surface area contributed by atoms with E-state index in [0.717, 1.165) is 24.1 Å². The predicted molar refractivity (Wildman–Crippen MR) is 91.2 cm³/mol. The average molecular weight is 331 g/mol. The Hall–Kier alpha value is -2.14. The quantitative estimate of drug-likeness (QED) is 0.893. The number of halogens is 1. The summed E-state index contributed by atoms with van der Waals surface area (Å²) in [7, 11) is 0. The monoisotopic (exact) mass is 330 g/mol. The van der Waals surface area contributed by atoms with Gasteiger partial charge in [0, 0.05) is 16.8 Å². The van der Waals surface area contributed by atoms with Gasteiger partial charge in [0.25, 0.3) is 5.91 Å². The predicted octanol–water partition coefficient (Wildman–Crippen LogP) is 3.85. The highest BCUT2D eigenvalue weighted by Gasteiger charge is 2.18. The lowest BCUT2D eigenvalue weighted by Crippen LogP contribution is -2.33. The van der Waals surface area contributed by atoms with Crippen LogP contribution in [-0.2, 0) is 0 Å². The second-order valence-corrected chi connectivity index (χ2v) is 6.26. The van der Waals surface area contributed by atoms with E-state index in [9.17, 15) is 4.79 Å². The number of amides is 1. The Bertz CT molecular complexity index is 696. The van der Waals surface area contributed by atoms with E-state index >= 15 is 0 Å². The third-order valence-corrected chi connectivity index (χ3v) is 4.27. The summed E-state index contributed by atoms with van der Waals surface area (Å²) in [6.07, 6.45) is 7.51. The van der Waals surface area contributed by atoms with Crippen molar-refractivity contribution in [1.29, 1.82) is 0 Å². The van der Waals surface area contributed by atoms with E-state index in [1.165, 1.54) is 19.0 Å². The van der Waals surface area contributed by atoms with Crippen molar-refractivity contribution in [2.24, 2.45) is 0 Å². The van der Waals surface area contributed by atoms with Gasteiger partial charge < -0.3 is 10.6 Å². The van der Waals surface area contributed by atoms with E-state index in [1.807, 2.05) is 25.1 Å². The number of aromatic nitrogens is 2. The van der Waals surface area contributed by atoms with Gasteiger partial charge in [-0.25, -0.2) is 9.97 Å². The smallest absolute Gasteiger partial charge is 0.271 e. The lowest BCUT2D eigenvalue weighted by Gasteiger charge is -2.12. The van der Waals surface area contributed by atoms with Crippen molar-refractivity contribution in [2.45, 2.75) is 38.6 Å². The number of nitrogens with one attached hydrogen (secondary N) is 2. The molecule has 2 aromatic rings. The van der Waals surface area contributed by atoms with Gasteiger partial charge in [0.1, 0.15) is 11.5 Å². The molecule has 1 saturated carbocycles. The Morgan fingerprint density at radius 1 is 1.22 bits per heavy atom. The summed E-state index contributed by atoms with van der Waals surface area (Å²) >= 11 is 6.00. The zero-order chi connectivity index (χ0) is 16.2. The van der Waals surface area contributed by atoms with Crippen LogP contribution in [0.15, 0.2) is 30.6 Å². The number of benzene rings is 1. The first kappa shape index (κ1) is 15.7. The lowest BCUT2D eigenvalue weighted by atomic mass is 10.2. The largest absolute Gasteiger partial charge is 0.348 e. The molecule has 1 amide bonds. The molecule has 0 aliphatic heterocycles. The molecule has 1 heterocycles. The van der Waals surface area contributed by atoms with Crippen LogP contribution in [0.4, 0.5) is 11.5 Å². The number of hydrogen-bond donors (Lipinski definition) is 2. The molecule has 1 aliphatic rings. The van der Waals surface area contributed by atoms with Crippen molar-refractivity contribution in [3.05, 3.63) is 46.9 Å². The second kappa shape index (κ2) is 6.96. The van der Waals surface area contributed by atoms with Gasteiger partial charge in [-0.2, -0.15) is 0 Å². The highest BCUT2D eigenvalue weighted by molar-refractivity contribution is 6.30. The van der Waals surface area contributed by atoms with Gasteiger partial charge in [-0.1, -0.05) is 30.5 Å². The Morgan fingerprint density at radius 2 is 2.00 bits per heavy atom. The third kappa shape index (κ3) is 3.99. The number of rotatable bonds is 4. The molecule has 0 saturated heterocycles. The van der Waals surface area contributed by atoms with Crippen molar-refractivity contribution < 1.29 is 4.79 Å². The minimum atomic E-state index is -0.158. The molecule has 1 aromatic heterocycles. The molecular formula is C17H19ClN4O. The molecular weight excluding hydrogens is 312 g/mol. The molecule has 0 spiro atoms. The van der Waals surface area contributed by atoms with Crippen molar-refractivity contribution in [3.8, 4) is 0 Å². The number of carbonyl (C=O) groups is 1. The minimum Gasteiger partial charge on any atom is -0.348 e. The van der Waals surface area contributed by atoms with Gasteiger partial charge in [-0.3, -0.25) is 4.79 Å². The molecule has 23 heavy (non-hydrogen) atoms. The molecule has 1 aliphatic carbocycles. The van der Waals surface area contributed by atoms with Crippen LogP contribution < -0.4 is 10.6 Å². The van der Waals surface area contributed by atoms with Gasteiger partial charge in [-0.05, 0) is 37.5 Å². The fourth-order valence-electron chi connectivity index (χ4n) is 2.71. The topological polar surface area (TPSA) is 66.9 Å². The first-order chi connectivity index (χ1) is 11.1. The standard InChI is InChI=1S/C17H19ClN4O/c1-11-6-7-12(18)8-14(11)22-16-10-19-15(9-20-16)17(23)21-13-4-2-3-5-13/h6-10,13H,2-5H2,1H3,(H,20,22)(H,21,23). The maximum atomic E-state index is 12.1. The molecule has 1 fully saturated rings. The molecule has 0 unspecified atom stereocenters. The van der Waals surface area contributed by atoms with Crippen LogP contribution in [0.5, 0.6) is 0 Å². The molecule has 5 nitrogen and oxygen atoms in total. The zero-order valence-electron chi connectivity index (χ0n) is 13.0. The van der Waals surface area contributed by atoms with Crippen LogP contribution in [0.1, 0.15) is 41.7 Å². The van der Waals surface area contributed by atoms with Gasteiger partial charge in [0.15, 0.2) is 0 Å². The van der Waals surface area contributed by atoms with E-state index in [2.05, 4.69) is 20.6 Å². The Morgan fingerprint density at radius 3 is 2.70 bits per heavy atom. The third-order valence-electron chi connectivity index (χ3n) is 4.04. The maximum absolute atomic E-state index is 12.1. The van der Waals surface area contributed by atoms with E-state index in [0.29, 0.717) is 16.5 Å². The Balaban J connectivity index is 1.66. The number of aryl methyl sites for hydroxylation is 1. The van der Waals surface area contributed by atoms with Crippen molar-refractivity contribution in [2.75, 3.05) is 5.32 Å². The summed E-state index contributed by atoms with van der Waals surface area (Å²) in [4.78, 5) is 20.6. The average Bonchev–Trinajstić information content (AvgIpc) is 3.04. The van der Waals surface area contributed by atoms with E-state index in [1.54, 1.807) is 6.20 Å². The van der Waals surface area contributed by atoms with Crippen molar-refractivity contribution >= 4 is 29.0 Å². The number of hydrogen-bond acceptors (Lipinski definition) is 4. The molecule has 3 rings (SSSR count). The van der Waals surface area contributed by atoms with E-state index < -0.39 is 0 Å². The molecule has 120 valence electrons. The summed E-state index contributed by atoms with van der Waals surface area (Å²) in [5.41, 5.74) is 2.26. The summed E-state index contributed by atoms with van der Waals surface area (Å²) in [5, 5.41) is 6.82. The van der Waals surface area contributed by atoms with Gasteiger partial charge in [0.2, 0.25) is 0 Å². The first-order valence-corrected chi connectivity index (χ1v) is 8.16. The van der Waals surface area contributed by atoms with Crippen LogP contribution in [0.3, 0.4) is 0 Å². The minimum absolute atomic E-state index is 0.158. The van der Waals surface area contributed by atoms with Crippen LogP contribution >= 0.6 is 11.6 Å². The van der Waals surface area contributed by atoms with Crippen LogP contribution in [0.25, 0.3) is 0 Å². The summed E-state index contributed by atoms with van der Waals surface area (Å²) in [5.74, 6) is 0.419. The van der Waals surface area contributed by atoms with Crippen LogP contribution in [0, 0.1) is 6.92 Å². The van der Waals surface area contributed by atoms with Gasteiger partial charge >= 0.3 is 0 Å². The molecule has 0 bridgehead atoms. The fraction of sp³-hybridized carbons (Fsp3) is 0.353. The molecule has 0 atom stereocenters. The highest BCUT2D eigenvalue weighted by atomic mass is 35.5. The Labute approximate surface area is 140 Å². The lowest BCUT2D eigenvalue weighted by molar-refractivity contribution is 0.0932. The van der Waals surface area contributed by atoms with E-state index in [-0.39, 0.29) is 11.9 Å². The number of carbonyl (C=O) groups excluding carboxylic acids is 1. The number of anilines is 2. The molecule has 0 radical (unpaired) electrons. The van der Waals surface area contributed by atoms with Crippen LogP contribution in [0.2, 0.25) is 5.02 Å². The summed E-state index contributed by atoms with van der Waals surface area (Å²) < 4.78 is 0. The van der Waals surface area contributed by atoms with Crippen molar-refractivity contribution in [3.63, 3.8) is 0 Å². The van der Waals surface area contributed by atoms with Gasteiger partial charge in [-0.15, -0.1) is 0 Å².